The van der Waals surface area contributed by atoms with E-state index in [0.29, 0.717) is 0 Å². The number of hydrogen-bond donors (Lipinski definition) is 0. The molecule has 0 atom stereocenters. The van der Waals surface area contributed by atoms with Crippen molar-refractivity contribution in [2.24, 2.45) is 0 Å². The Morgan fingerprint density at radius 3 is 2.09 bits per heavy atom. The molecule has 0 bridgehead atoms. The molecule has 0 saturated carbocycles. The molecule has 1 heterocycles. The normalized spacial score (nSPS) is 16.2. The average Bonchev–Trinajstić information content (AvgIpc) is 3.04. The van der Waals surface area contributed by atoms with Gasteiger partial charge >= 0.3 is 21.7 Å². The summed E-state index contributed by atoms with van der Waals surface area (Å²) in [7, 11) is -1.48. The summed E-state index contributed by atoms with van der Waals surface area (Å²) in [6.07, 6.45) is 7.96. The molecule has 0 unspecified atom stereocenters. The van der Waals surface area contributed by atoms with Gasteiger partial charge in [-0.2, -0.15) is 0 Å². The van der Waals surface area contributed by atoms with Crippen molar-refractivity contribution in [3.63, 3.8) is 0 Å². The van der Waals surface area contributed by atoms with Crippen LogP contribution < -0.4 is 35.2 Å². The predicted molar refractivity (Wildman–Crippen MR) is 133 cm³/mol. The monoisotopic (exact) mass is 515 g/mol. The summed E-state index contributed by atoms with van der Waals surface area (Å²) in [5.74, 6) is 0. The zero-order valence-electron chi connectivity index (χ0n) is 20.5. The molecule has 5 rings (SSSR count). The molecular formula is C28H33Cl2SiTi. The molecule has 2 aliphatic rings. The van der Waals surface area contributed by atoms with E-state index < -0.39 is 8.07 Å². The molecule has 1 aliphatic heterocycles. The van der Waals surface area contributed by atoms with Gasteiger partial charge in [0.2, 0.25) is 0 Å². The molecule has 0 saturated heterocycles. The van der Waals surface area contributed by atoms with Crippen molar-refractivity contribution < 1.29 is 46.5 Å². The summed E-state index contributed by atoms with van der Waals surface area (Å²) in [6, 6.07) is 9.72. The van der Waals surface area contributed by atoms with Crippen LogP contribution in [0.5, 0.6) is 0 Å². The van der Waals surface area contributed by atoms with E-state index in [2.05, 4.69) is 97.1 Å². The van der Waals surface area contributed by atoms with E-state index in [1.807, 2.05) is 0 Å². The largest absolute Gasteiger partial charge is 3.00 e. The fraction of sp³-hybridized carbons (Fsp3) is 0.393. The van der Waals surface area contributed by atoms with Gasteiger partial charge in [0.25, 0.3) is 0 Å². The Kier molecular flexibility index (Phi) is 7.32. The van der Waals surface area contributed by atoms with E-state index in [-0.39, 0.29) is 57.4 Å². The van der Waals surface area contributed by atoms with Crippen LogP contribution in [0.4, 0.5) is 0 Å². The molecule has 3 aromatic carbocycles. The van der Waals surface area contributed by atoms with Crippen molar-refractivity contribution in [2.75, 3.05) is 0 Å². The molecule has 1 radical (unpaired) electrons. The maximum absolute atomic E-state index is 2.56. The van der Waals surface area contributed by atoms with Crippen molar-refractivity contribution in [3.8, 4) is 0 Å². The Bertz CT molecular complexity index is 1260. The fourth-order valence-corrected chi connectivity index (χ4v) is 9.49. The Balaban J connectivity index is 0.00000121. The number of halogens is 2. The van der Waals surface area contributed by atoms with E-state index in [4.69, 9.17) is 0 Å². The molecule has 32 heavy (non-hydrogen) atoms. The summed E-state index contributed by atoms with van der Waals surface area (Å²) >= 11 is 0. The second kappa shape index (κ2) is 8.51. The van der Waals surface area contributed by atoms with E-state index in [9.17, 15) is 0 Å². The Labute approximate surface area is 222 Å². The van der Waals surface area contributed by atoms with Crippen molar-refractivity contribution in [3.05, 3.63) is 59.2 Å². The first-order valence-electron chi connectivity index (χ1n) is 11.0. The molecule has 3 aromatic rings. The minimum Gasteiger partial charge on any atom is -1.00 e. The first kappa shape index (κ1) is 27.5. The Hall–Kier alpha value is -0.699. The van der Waals surface area contributed by atoms with Gasteiger partial charge in [0.05, 0.1) is 0 Å². The summed E-state index contributed by atoms with van der Waals surface area (Å²) in [5, 5.41) is 9.44. The zero-order chi connectivity index (χ0) is 20.9. The van der Waals surface area contributed by atoms with Crippen LogP contribution in [0.1, 0.15) is 64.7 Å². The van der Waals surface area contributed by atoms with Gasteiger partial charge in [-0.3, -0.25) is 0 Å². The van der Waals surface area contributed by atoms with Gasteiger partial charge in [0.15, 0.2) is 0 Å². The van der Waals surface area contributed by atoms with E-state index in [1.165, 1.54) is 27.3 Å². The molecule has 1 aliphatic carbocycles. The van der Waals surface area contributed by atoms with Gasteiger partial charge in [0.1, 0.15) is 8.07 Å². The quantitative estimate of drug-likeness (QED) is 0.332. The second-order valence-electron chi connectivity index (χ2n) is 11.7. The number of rotatable bonds is 1. The number of allylic oxidation sites excluding steroid dienone is 4. The maximum Gasteiger partial charge on any atom is 3.00 e. The average molecular weight is 516 g/mol. The number of fused-ring (bicyclic) bond motifs is 5. The summed E-state index contributed by atoms with van der Waals surface area (Å²) in [6.45, 7) is 19.3. The SMILES string of the molecule is CC(C)(C)c1ccc2c(c1)[cH-]c1c(C3=CC=CC3)c(C(C)(C)C)c3c(c12)[Si]3(C)C.[Cl-].[Cl-].[Ti+3]. The van der Waals surface area contributed by atoms with E-state index >= 15 is 0 Å². The predicted octanol–water partition coefficient (Wildman–Crippen LogP) is 0.792. The smallest absolute Gasteiger partial charge is 1.00 e. The van der Waals surface area contributed by atoms with Crippen LogP contribution in [0.3, 0.4) is 0 Å². The standard InChI is InChI=1S/C28H33Si.2ClH.Ti/c1-27(2,3)19-13-14-20-18(15-19)16-21-22(17-11-9-10-12-17)24(28(4,5)6)26-25(23(20)21)29(26,7)8;;;/h9-11,13-16H,12H2,1-8H3;2*1H;/q-1;;;+3/p-2. The molecule has 0 N–H and O–H groups in total. The Morgan fingerprint density at radius 2 is 1.56 bits per heavy atom. The summed E-state index contributed by atoms with van der Waals surface area (Å²) in [5.41, 5.74) is 6.46. The number of benzene rings is 2. The Morgan fingerprint density at radius 1 is 0.906 bits per heavy atom. The van der Waals surface area contributed by atoms with Crippen molar-refractivity contribution in [1.82, 2.24) is 0 Å². The molecule has 4 heteroatoms. The van der Waals surface area contributed by atoms with Crippen molar-refractivity contribution in [1.29, 1.82) is 0 Å². The van der Waals surface area contributed by atoms with Crippen LogP contribution in [0.2, 0.25) is 13.1 Å². The topological polar surface area (TPSA) is 0 Å². The molecule has 167 valence electrons. The molecule has 0 nitrogen and oxygen atoms in total. The van der Waals surface area contributed by atoms with E-state index in [1.54, 1.807) is 26.9 Å². The molecular weight excluding hydrogens is 483 g/mol. The fourth-order valence-electron chi connectivity index (χ4n) is 5.54. The third-order valence-electron chi connectivity index (χ3n) is 7.06. The minimum absolute atomic E-state index is 0. The molecule has 0 fully saturated rings. The second-order valence-corrected chi connectivity index (χ2v) is 15.9. The molecule has 0 aromatic heterocycles. The van der Waals surface area contributed by atoms with Crippen LogP contribution in [0.25, 0.3) is 27.1 Å². The van der Waals surface area contributed by atoms with Gasteiger partial charge in [-0.1, -0.05) is 118 Å². The van der Waals surface area contributed by atoms with Crippen molar-refractivity contribution in [2.45, 2.75) is 71.9 Å². The van der Waals surface area contributed by atoms with Crippen LogP contribution in [0.15, 0.2) is 42.5 Å². The third kappa shape index (κ3) is 3.93. The van der Waals surface area contributed by atoms with Crippen LogP contribution >= 0.6 is 0 Å². The molecule has 0 spiro atoms. The zero-order valence-corrected chi connectivity index (χ0v) is 24.6. The van der Waals surface area contributed by atoms with Gasteiger partial charge < -0.3 is 24.8 Å². The van der Waals surface area contributed by atoms with Gasteiger partial charge in [-0.05, 0) is 17.3 Å². The summed E-state index contributed by atoms with van der Waals surface area (Å²) in [4.78, 5) is 0. The summed E-state index contributed by atoms with van der Waals surface area (Å²) < 4.78 is 0. The first-order valence-corrected chi connectivity index (χ1v) is 14.0. The van der Waals surface area contributed by atoms with Crippen LogP contribution in [0, 0.1) is 0 Å². The van der Waals surface area contributed by atoms with E-state index in [0.717, 1.165) is 6.42 Å². The first-order chi connectivity index (χ1) is 13.4. The molecule has 0 amide bonds. The van der Waals surface area contributed by atoms with Crippen LogP contribution in [-0.2, 0) is 32.5 Å². The third-order valence-corrected chi connectivity index (χ3v) is 10.3. The van der Waals surface area contributed by atoms with Gasteiger partial charge in [0, 0.05) is 0 Å². The maximum atomic E-state index is 2.56. The van der Waals surface area contributed by atoms with Crippen LogP contribution in [-0.4, -0.2) is 8.07 Å². The minimum atomic E-state index is -1.48. The van der Waals surface area contributed by atoms with Gasteiger partial charge in [-0.15, -0.1) is 33.7 Å². The number of hydrogen-bond acceptors (Lipinski definition) is 0. The van der Waals surface area contributed by atoms with Crippen molar-refractivity contribution >= 4 is 45.6 Å². The van der Waals surface area contributed by atoms with Gasteiger partial charge in [-0.25, -0.2) is 0 Å².